The number of hydrogen-bond donors (Lipinski definition) is 1. The first-order valence-electron chi connectivity index (χ1n) is 11.7. The van der Waals surface area contributed by atoms with Gasteiger partial charge in [-0.2, -0.15) is 0 Å². The fourth-order valence-electron chi connectivity index (χ4n) is 5.78. The van der Waals surface area contributed by atoms with E-state index in [1.807, 2.05) is 0 Å². The molecule has 1 aliphatic carbocycles. The Morgan fingerprint density at radius 1 is 0.872 bits per heavy atom. The Morgan fingerprint density at radius 3 is 2.03 bits per heavy atom. The highest BCUT2D eigenvalue weighted by Gasteiger charge is 2.77. The molecule has 39 heavy (non-hydrogen) atoms. The summed E-state index contributed by atoms with van der Waals surface area (Å²) in [5.41, 5.74) is -5.61. The van der Waals surface area contributed by atoms with Crippen molar-refractivity contribution in [2.24, 2.45) is 0 Å². The maximum Gasteiger partial charge on any atom is 0.340 e. The number of hydrogen-bond acceptors (Lipinski definition) is 12. The Kier molecular flexibility index (Phi) is 6.81. The molecular formula is C26H26N2O11. The monoisotopic (exact) mass is 542 g/mol. The fourth-order valence-corrected chi connectivity index (χ4v) is 5.78. The minimum Gasteiger partial charge on any atom is -0.467 e. The van der Waals surface area contributed by atoms with Gasteiger partial charge in [0.25, 0.3) is 0 Å². The summed E-state index contributed by atoms with van der Waals surface area (Å²) in [6.45, 7) is 2.62. The van der Waals surface area contributed by atoms with Crippen LogP contribution in [0.25, 0.3) is 5.57 Å². The smallest absolute Gasteiger partial charge is 0.340 e. The highest BCUT2D eigenvalue weighted by Crippen LogP contribution is 2.61. The van der Waals surface area contributed by atoms with Crippen LogP contribution in [-0.4, -0.2) is 87.3 Å². The Labute approximate surface area is 222 Å². The minimum absolute atomic E-state index is 0.0437. The summed E-state index contributed by atoms with van der Waals surface area (Å²) >= 11 is 0. The number of carbonyl (C=O) groups excluding carboxylic acids is 6. The van der Waals surface area contributed by atoms with Crippen molar-refractivity contribution in [3.63, 3.8) is 0 Å². The van der Waals surface area contributed by atoms with Gasteiger partial charge < -0.3 is 23.7 Å². The summed E-state index contributed by atoms with van der Waals surface area (Å²) in [4.78, 5) is 82.0. The summed E-state index contributed by atoms with van der Waals surface area (Å²) in [7, 11) is 4.07. The first-order valence-corrected chi connectivity index (χ1v) is 11.7. The minimum atomic E-state index is -2.52. The highest BCUT2D eigenvalue weighted by molar-refractivity contribution is 6.24. The van der Waals surface area contributed by atoms with Crippen LogP contribution in [0.4, 0.5) is 0 Å². The predicted octanol–water partition coefficient (Wildman–Crippen LogP) is -0.269. The lowest BCUT2D eigenvalue weighted by Gasteiger charge is -2.50. The average molecular weight is 542 g/mol. The van der Waals surface area contributed by atoms with E-state index in [1.165, 1.54) is 6.07 Å². The first kappa shape index (κ1) is 27.5. The van der Waals surface area contributed by atoms with E-state index in [2.05, 4.69) is 5.32 Å². The number of rotatable bonds is 6. The molecule has 206 valence electrons. The Morgan fingerprint density at radius 2 is 1.49 bits per heavy atom. The molecule has 13 heteroatoms. The van der Waals surface area contributed by atoms with E-state index in [0.717, 1.165) is 40.3 Å². The maximum atomic E-state index is 13.7. The number of nitrogens with one attached hydrogen (secondary N) is 1. The third kappa shape index (κ3) is 3.35. The quantitative estimate of drug-likeness (QED) is 0.370. The van der Waals surface area contributed by atoms with Gasteiger partial charge in [0, 0.05) is 6.92 Å². The van der Waals surface area contributed by atoms with E-state index in [-0.39, 0.29) is 29.0 Å². The van der Waals surface area contributed by atoms with E-state index in [4.69, 9.17) is 23.7 Å². The molecule has 3 atom stereocenters. The molecule has 3 unspecified atom stereocenters. The first-order chi connectivity index (χ1) is 18.5. The number of methoxy groups -OCH3 is 4. The lowest BCUT2D eigenvalue weighted by atomic mass is 9.79. The Hall–Kier alpha value is -4.52. The molecule has 2 aliphatic heterocycles. The molecule has 0 saturated carbocycles. The largest absolute Gasteiger partial charge is 0.467 e. The van der Waals surface area contributed by atoms with E-state index in [0.29, 0.717) is 0 Å². The molecule has 1 spiro atoms. The van der Waals surface area contributed by atoms with E-state index in [9.17, 15) is 28.8 Å². The van der Waals surface area contributed by atoms with Crippen LogP contribution in [0.3, 0.4) is 0 Å². The van der Waals surface area contributed by atoms with Gasteiger partial charge in [-0.15, -0.1) is 0 Å². The third-order valence-corrected chi connectivity index (χ3v) is 7.04. The van der Waals surface area contributed by atoms with Crippen molar-refractivity contribution in [3.8, 4) is 0 Å². The zero-order chi connectivity index (χ0) is 28.9. The second-order valence-corrected chi connectivity index (χ2v) is 8.71. The normalized spacial score (nSPS) is 24.5. The summed E-state index contributed by atoms with van der Waals surface area (Å²) < 4.78 is 25.4. The van der Waals surface area contributed by atoms with Crippen molar-refractivity contribution in [2.75, 3.05) is 35.0 Å². The lowest BCUT2D eigenvalue weighted by molar-refractivity contribution is -0.167. The topological polar surface area (TPSA) is 164 Å². The van der Waals surface area contributed by atoms with E-state index < -0.39 is 64.0 Å². The molecule has 1 amide bonds. The van der Waals surface area contributed by atoms with Gasteiger partial charge in [-0.1, -0.05) is 24.3 Å². The number of carbonyl (C=O) groups is 6. The Bertz CT molecular complexity index is 1390. The van der Waals surface area contributed by atoms with Crippen molar-refractivity contribution >= 4 is 41.3 Å². The average Bonchev–Trinajstić information content (AvgIpc) is 3.38. The van der Waals surface area contributed by atoms with E-state index in [1.54, 1.807) is 25.1 Å². The van der Waals surface area contributed by atoms with Crippen molar-refractivity contribution in [1.29, 1.82) is 0 Å². The molecule has 1 aromatic carbocycles. The number of nitrogens with zero attached hydrogens (tertiary/aromatic N) is 1. The van der Waals surface area contributed by atoms with Crippen LogP contribution in [0.5, 0.6) is 0 Å². The Balaban J connectivity index is 2.35. The lowest BCUT2D eigenvalue weighted by Crippen LogP contribution is -2.76. The molecule has 2 heterocycles. The number of amides is 1. The third-order valence-electron chi connectivity index (χ3n) is 7.04. The standard InChI is InChI=1S/C26H26N2O11/c1-7-39-20(30)15-13-10-8-9-11-14(13)25-16(21(31)35-3)17(22(32)36-4)26(27-25,24(34)38-6)19(23(33)37-5)28(12(2)29)18(15)25/h8-11,19,27H,7H2,1-6H3. The number of esters is 5. The summed E-state index contributed by atoms with van der Waals surface area (Å²) in [5, 5.41) is 2.98. The van der Waals surface area contributed by atoms with Gasteiger partial charge in [-0.3, -0.25) is 15.0 Å². The van der Waals surface area contributed by atoms with Crippen molar-refractivity contribution < 1.29 is 52.5 Å². The van der Waals surface area contributed by atoms with Crippen molar-refractivity contribution in [1.82, 2.24) is 10.2 Å². The zero-order valence-electron chi connectivity index (χ0n) is 22.0. The maximum absolute atomic E-state index is 13.7. The molecule has 1 N–H and O–H groups in total. The second kappa shape index (κ2) is 9.66. The van der Waals surface area contributed by atoms with Gasteiger partial charge in [0.15, 0.2) is 11.6 Å². The van der Waals surface area contributed by atoms with Gasteiger partial charge in [0.05, 0.1) is 57.5 Å². The number of fused-ring (bicyclic) bond motifs is 2. The van der Waals surface area contributed by atoms with Gasteiger partial charge in [0.1, 0.15) is 5.54 Å². The molecule has 1 saturated heterocycles. The van der Waals surface area contributed by atoms with Gasteiger partial charge >= 0.3 is 29.8 Å². The molecule has 13 nitrogen and oxygen atoms in total. The van der Waals surface area contributed by atoms with Crippen LogP contribution >= 0.6 is 0 Å². The SMILES string of the molecule is CCOC(=O)C1=C2N(C(C)=O)C(C(=O)OC)C3(C(=O)OC)NC2(C(C(=O)OC)=C3C(=O)OC)c2ccccc21. The fraction of sp³-hybridized carbons (Fsp3) is 0.385. The van der Waals surface area contributed by atoms with Crippen LogP contribution in [0.15, 0.2) is 41.1 Å². The van der Waals surface area contributed by atoms with E-state index >= 15 is 0 Å². The van der Waals surface area contributed by atoms with Crippen LogP contribution in [0, 0.1) is 0 Å². The molecule has 0 aromatic heterocycles. The molecule has 1 fully saturated rings. The number of benzene rings is 1. The van der Waals surface area contributed by atoms with Crippen LogP contribution in [-0.2, 0) is 58.0 Å². The summed E-state index contributed by atoms with van der Waals surface area (Å²) in [6.07, 6.45) is 0. The van der Waals surface area contributed by atoms with Crippen LogP contribution in [0.2, 0.25) is 0 Å². The molecule has 1 aromatic rings. The number of ether oxygens (including phenoxy) is 5. The van der Waals surface area contributed by atoms with Crippen molar-refractivity contribution in [2.45, 2.75) is 31.0 Å². The zero-order valence-corrected chi connectivity index (χ0v) is 22.0. The van der Waals surface area contributed by atoms with Gasteiger partial charge in [-0.25, -0.2) is 24.0 Å². The van der Waals surface area contributed by atoms with Gasteiger partial charge in [-0.05, 0) is 18.1 Å². The van der Waals surface area contributed by atoms with Crippen LogP contribution in [0.1, 0.15) is 25.0 Å². The van der Waals surface area contributed by atoms with Gasteiger partial charge in [0.2, 0.25) is 5.91 Å². The highest BCUT2D eigenvalue weighted by atomic mass is 16.5. The molecule has 0 radical (unpaired) electrons. The predicted molar refractivity (Wildman–Crippen MR) is 129 cm³/mol. The summed E-state index contributed by atoms with van der Waals surface area (Å²) in [6, 6.07) is 4.31. The van der Waals surface area contributed by atoms with Crippen LogP contribution < -0.4 is 5.32 Å². The molecular weight excluding hydrogens is 516 g/mol. The van der Waals surface area contributed by atoms with Crippen molar-refractivity contribution in [3.05, 3.63) is 52.2 Å². The molecule has 3 aliphatic rings. The molecule has 4 rings (SSSR count). The number of piperazine rings is 1. The molecule has 2 bridgehead atoms. The second-order valence-electron chi connectivity index (χ2n) is 8.71. The summed E-state index contributed by atoms with van der Waals surface area (Å²) in [5.74, 6) is -6.34.